The van der Waals surface area contributed by atoms with Gasteiger partial charge in [0, 0.05) is 16.9 Å². The van der Waals surface area contributed by atoms with Gasteiger partial charge >= 0.3 is 0 Å². The molecule has 1 fully saturated rings. The molecule has 2 atom stereocenters. The molecule has 34 heavy (non-hydrogen) atoms. The molecule has 2 aromatic rings. The van der Waals surface area contributed by atoms with Gasteiger partial charge in [0.2, 0.25) is 0 Å². The molecule has 1 aromatic carbocycles. The number of nitrogens with one attached hydrogen (secondary N) is 1. The minimum absolute atomic E-state index is 0.134. The predicted octanol–water partition coefficient (Wildman–Crippen LogP) is 3.92. The van der Waals surface area contributed by atoms with Gasteiger partial charge in [-0.3, -0.25) is 9.91 Å². The van der Waals surface area contributed by atoms with Crippen molar-refractivity contribution in [3.8, 4) is 0 Å². The molecule has 0 spiro atoms. The minimum atomic E-state index is -3.67. The highest BCUT2D eigenvalue weighted by Gasteiger charge is 2.34. The second-order valence-electron chi connectivity index (χ2n) is 8.60. The van der Waals surface area contributed by atoms with Crippen LogP contribution in [0.1, 0.15) is 31.7 Å². The average molecular weight is 501 g/mol. The standard InChI is InChI=1S/C25H29ClN4O3S/c1-3-25(29-13-7-4-8-14-29)34(32,33)20-11-12-24(27-16-20)30-23(17-31)21(18(2)28-30)15-19-9-5-6-10-22(19)26/h3,5-6,9-12,16-17,23,25,28H,1,4,7-8,13-15H2,2H3. The summed E-state index contributed by atoms with van der Waals surface area (Å²) in [5.41, 5.74) is 5.86. The van der Waals surface area contributed by atoms with Gasteiger partial charge in [-0.1, -0.05) is 42.3 Å². The fourth-order valence-corrected chi connectivity index (χ4v) is 6.39. The summed E-state index contributed by atoms with van der Waals surface area (Å²) in [7, 11) is -3.67. The molecule has 0 amide bonds. The van der Waals surface area contributed by atoms with Crippen LogP contribution in [-0.2, 0) is 21.1 Å². The third-order valence-corrected chi connectivity index (χ3v) is 8.83. The fraction of sp³-hybridized carbons (Fsp3) is 0.360. The number of allylic oxidation sites excluding steroid dienone is 1. The zero-order valence-corrected chi connectivity index (χ0v) is 20.7. The maximum absolute atomic E-state index is 13.3. The highest BCUT2D eigenvalue weighted by molar-refractivity contribution is 7.92. The largest absolute Gasteiger partial charge is 0.301 e. The van der Waals surface area contributed by atoms with E-state index in [0.717, 1.165) is 55.5 Å². The van der Waals surface area contributed by atoms with Crippen LogP contribution in [0, 0.1) is 0 Å². The number of pyridine rings is 1. The van der Waals surface area contributed by atoms with Crippen molar-refractivity contribution in [2.24, 2.45) is 0 Å². The van der Waals surface area contributed by atoms with Gasteiger partial charge in [-0.25, -0.2) is 13.4 Å². The lowest BCUT2D eigenvalue weighted by molar-refractivity contribution is -0.108. The molecule has 2 unspecified atom stereocenters. The Labute approximate surface area is 206 Å². The molecule has 3 heterocycles. The summed E-state index contributed by atoms with van der Waals surface area (Å²) < 4.78 is 26.6. The Morgan fingerprint density at radius 3 is 2.56 bits per heavy atom. The number of piperidine rings is 1. The number of halogens is 1. The number of hydrazine groups is 1. The van der Waals surface area contributed by atoms with E-state index in [4.69, 9.17) is 11.6 Å². The van der Waals surface area contributed by atoms with Crippen molar-refractivity contribution in [2.75, 3.05) is 18.1 Å². The van der Waals surface area contributed by atoms with Crippen molar-refractivity contribution in [1.82, 2.24) is 15.3 Å². The number of anilines is 1. The monoisotopic (exact) mass is 500 g/mol. The van der Waals surface area contributed by atoms with Gasteiger partial charge in [0.05, 0.1) is 4.90 Å². The molecule has 0 bridgehead atoms. The summed E-state index contributed by atoms with van der Waals surface area (Å²) in [4.78, 5) is 18.6. The van der Waals surface area contributed by atoms with Crippen LogP contribution < -0.4 is 10.4 Å². The number of carbonyl (C=O) groups is 1. The van der Waals surface area contributed by atoms with Crippen LogP contribution in [-0.4, -0.2) is 49.1 Å². The first-order valence-electron chi connectivity index (χ1n) is 11.4. The molecular weight excluding hydrogens is 472 g/mol. The molecule has 7 nitrogen and oxygen atoms in total. The van der Waals surface area contributed by atoms with E-state index in [1.807, 2.05) is 36.1 Å². The number of hydrogen-bond acceptors (Lipinski definition) is 7. The molecule has 0 radical (unpaired) electrons. The summed E-state index contributed by atoms with van der Waals surface area (Å²) in [6.45, 7) is 7.14. The SMILES string of the molecule is C=CC(N1CCCCC1)S(=O)(=O)c1ccc(N2NC(C)=C(Cc3ccccc3Cl)C2C=O)nc1. The lowest BCUT2D eigenvalue weighted by Crippen LogP contribution is -2.43. The zero-order valence-electron chi connectivity index (χ0n) is 19.2. The van der Waals surface area contributed by atoms with E-state index in [1.165, 1.54) is 12.3 Å². The van der Waals surface area contributed by atoms with E-state index >= 15 is 0 Å². The van der Waals surface area contributed by atoms with Gasteiger partial charge in [-0.2, -0.15) is 0 Å². The molecule has 9 heteroatoms. The van der Waals surface area contributed by atoms with Crippen molar-refractivity contribution in [1.29, 1.82) is 0 Å². The van der Waals surface area contributed by atoms with Gasteiger partial charge in [-0.05, 0) is 68.6 Å². The summed E-state index contributed by atoms with van der Waals surface area (Å²) >= 11 is 6.32. The van der Waals surface area contributed by atoms with Crippen LogP contribution in [0.5, 0.6) is 0 Å². The third kappa shape index (κ3) is 4.76. The summed E-state index contributed by atoms with van der Waals surface area (Å²) in [6, 6.07) is 10.1. The number of sulfone groups is 1. The molecular formula is C25H29ClN4O3S. The minimum Gasteiger partial charge on any atom is -0.301 e. The summed E-state index contributed by atoms with van der Waals surface area (Å²) in [6.07, 6.45) is 7.29. The Bertz CT molecular complexity index is 1190. The van der Waals surface area contributed by atoms with E-state index in [0.29, 0.717) is 17.3 Å². The van der Waals surface area contributed by atoms with Crippen LogP contribution in [0.3, 0.4) is 0 Å². The topological polar surface area (TPSA) is 82.6 Å². The quantitative estimate of drug-likeness (QED) is 0.434. The van der Waals surface area contributed by atoms with Crippen molar-refractivity contribution >= 4 is 33.5 Å². The molecule has 0 aliphatic carbocycles. The maximum Gasteiger partial charge on any atom is 0.199 e. The molecule has 2 aliphatic rings. The first-order chi connectivity index (χ1) is 16.4. The van der Waals surface area contributed by atoms with Gasteiger partial charge in [-0.15, -0.1) is 6.58 Å². The molecule has 1 saturated heterocycles. The van der Waals surface area contributed by atoms with Crippen molar-refractivity contribution in [2.45, 2.75) is 48.9 Å². The molecule has 1 aromatic heterocycles. The van der Waals surface area contributed by atoms with Crippen LogP contribution in [0.25, 0.3) is 0 Å². The highest BCUT2D eigenvalue weighted by atomic mass is 35.5. The van der Waals surface area contributed by atoms with Crippen LogP contribution in [0.15, 0.2) is 71.4 Å². The van der Waals surface area contributed by atoms with E-state index in [1.54, 1.807) is 17.1 Å². The van der Waals surface area contributed by atoms with Crippen LogP contribution in [0.2, 0.25) is 5.02 Å². The first kappa shape index (κ1) is 24.4. The number of likely N-dealkylation sites (tertiary alicyclic amines) is 1. The first-order valence-corrected chi connectivity index (χ1v) is 13.3. The third-order valence-electron chi connectivity index (χ3n) is 6.44. The number of benzene rings is 1. The highest BCUT2D eigenvalue weighted by Crippen LogP contribution is 2.30. The predicted molar refractivity (Wildman–Crippen MR) is 134 cm³/mol. The second-order valence-corrected chi connectivity index (χ2v) is 11.1. The van der Waals surface area contributed by atoms with Gasteiger partial charge in [0.25, 0.3) is 0 Å². The van der Waals surface area contributed by atoms with E-state index in [9.17, 15) is 13.2 Å². The molecule has 2 aliphatic heterocycles. The number of carbonyl (C=O) groups excluding carboxylic acids is 1. The fourth-order valence-electron chi connectivity index (χ4n) is 4.59. The number of aldehydes is 1. The maximum atomic E-state index is 13.3. The Hall–Kier alpha value is -2.68. The summed E-state index contributed by atoms with van der Waals surface area (Å²) in [5, 5.41) is 1.52. The Morgan fingerprint density at radius 2 is 1.94 bits per heavy atom. The average Bonchev–Trinajstić information content (AvgIpc) is 3.16. The molecule has 4 rings (SSSR count). The number of hydrogen-bond donors (Lipinski definition) is 1. The van der Waals surface area contributed by atoms with E-state index < -0.39 is 21.3 Å². The lowest BCUT2D eigenvalue weighted by Gasteiger charge is -2.32. The normalized spacial score (nSPS) is 20.2. The smallest absolute Gasteiger partial charge is 0.199 e. The van der Waals surface area contributed by atoms with Crippen LogP contribution in [0.4, 0.5) is 5.82 Å². The van der Waals surface area contributed by atoms with Gasteiger partial charge in [0.15, 0.2) is 9.84 Å². The molecule has 180 valence electrons. The molecule has 1 N–H and O–H groups in total. The van der Waals surface area contributed by atoms with Gasteiger partial charge < -0.3 is 10.2 Å². The Kier molecular flexibility index (Phi) is 7.40. The van der Waals surface area contributed by atoms with Gasteiger partial charge in [0.1, 0.15) is 23.5 Å². The van der Waals surface area contributed by atoms with Crippen LogP contribution >= 0.6 is 11.6 Å². The van der Waals surface area contributed by atoms with E-state index in [2.05, 4.69) is 17.0 Å². The van der Waals surface area contributed by atoms with Crippen molar-refractivity contribution in [3.05, 3.63) is 77.1 Å². The number of nitrogens with zero attached hydrogens (tertiary/aromatic N) is 3. The zero-order chi connectivity index (χ0) is 24.3. The number of rotatable bonds is 8. The summed E-state index contributed by atoms with van der Waals surface area (Å²) in [5.74, 6) is 0.456. The molecule has 0 saturated carbocycles. The Morgan fingerprint density at radius 1 is 1.21 bits per heavy atom. The second kappa shape index (κ2) is 10.3. The van der Waals surface area contributed by atoms with Crippen molar-refractivity contribution < 1.29 is 13.2 Å². The van der Waals surface area contributed by atoms with E-state index in [-0.39, 0.29) is 4.90 Å². The number of aromatic nitrogens is 1. The Balaban J connectivity index is 1.55. The van der Waals surface area contributed by atoms with Crippen molar-refractivity contribution in [3.63, 3.8) is 0 Å². The lowest BCUT2D eigenvalue weighted by atomic mass is 9.98.